The van der Waals surface area contributed by atoms with Gasteiger partial charge in [0.1, 0.15) is 12.2 Å². The zero-order chi connectivity index (χ0) is 12.3. The van der Waals surface area contributed by atoms with Crippen LogP contribution in [0.3, 0.4) is 0 Å². The summed E-state index contributed by atoms with van der Waals surface area (Å²) in [6, 6.07) is 0.341. The standard InChI is InChI=1S/C13H26N4/c1-3-5-6-7-8-9-10-12(14-4-2)13-15-11-16-17-13/h11-12,14H,3-10H2,1-2H3,(H,15,16,17). The molecule has 1 heterocycles. The molecule has 0 radical (unpaired) electrons. The van der Waals surface area contributed by atoms with E-state index < -0.39 is 0 Å². The molecule has 0 saturated carbocycles. The van der Waals surface area contributed by atoms with Gasteiger partial charge in [-0.05, 0) is 13.0 Å². The highest BCUT2D eigenvalue weighted by molar-refractivity contribution is 4.90. The molecule has 0 fully saturated rings. The van der Waals surface area contributed by atoms with Gasteiger partial charge in [0.25, 0.3) is 0 Å². The molecule has 0 spiro atoms. The van der Waals surface area contributed by atoms with Crippen molar-refractivity contribution in [1.29, 1.82) is 0 Å². The SMILES string of the molecule is CCCCCCCCC(NCC)c1ncn[nH]1. The van der Waals surface area contributed by atoms with Crippen LogP contribution in [0.4, 0.5) is 0 Å². The number of H-pyrrole nitrogens is 1. The van der Waals surface area contributed by atoms with E-state index >= 15 is 0 Å². The third kappa shape index (κ3) is 5.82. The molecule has 4 nitrogen and oxygen atoms in total. The number of aromatic nitrogens is 3. The van der Waals surface area contributed by atoms with Crippen LogP contribution in [0.25, 0.3) is 0 Å². The van der Waals surface area contributed by atoms with E-state index in [2.05, 4.69) is 34.3 Å². The number of hydrogen-bond donors (Lipinski definition) is 2. The largest absolute Gasteiger partial charge is 0.308 e. The van der Waals surface area contributed by atoms with Gasteiger partial charge in [0, 0.05) is 0 Å². The number of unbranched alkanes of at least 4 members (excludes halogenated alkanes) is 5. The normalized spacial score (nSPS) is 12.8. The highest BCUT2D eigenvalue weighted by Gasteiger charge is 2.12. The van der Waals surface area contributed by atoms with Gasteiger partial charge in [-0.1, -0.05) is 52.4 Å². The molecular weight excluding hydrogens is 212 g/mol. The van der Waals surface area contributed by atoms with Crippen LogP contribution < -0.4 is 5.32 Å². The summed E-state index contributed by atoms with van der Waals surface area (Å²) in [7, 11) is 0. The minimum Gasteiger partial charge on any atom is -0.308 e. The van der Waals surface area contributed by atoms with Gasteiger partial charge in [0.2, 0.25) is 0 Å². The highest BCUT2D eigenvalue weighted by atomic mass is 15.2. The van der Waals surface area contributed by atoms with Crippen LogP contribution in [0.1, 0.15) is 70.7 Å². The topological polar surface area (TPSA) is 53.6 Å². The molecule has 0 aliphatic carbocycles. The van der Waals surface area contributed by atoms with E-state index in [1.165, 1.54) is 38.5 Å². The van der Waals surface area contributed by atoms with E-state index in [-0.39, 0.29) is 0 Å². The fourth-order valence-electron chi connectivity index (χ4n) is 2.09. The van der Waals surface area contributed by atoms with E-state index in [0.29, 0.717) is 6.04 Å². The average molecular weight is 238 g/mol. The van der Waals surface area contributed by atoms with Gasteiger partial charge in [-0.15, -0.1) is 0 Å². The molecule has 0 amide bonds. The number of rotatable bonds is 10. The van der Waals surface area contributed by atoms with Crippen LogP contribution in [0.2, 0.25) is 0 Å². The smallest absolute Gasteiger partial charge is 0.141 e. The molecule has 0 aliphatic heterocycles. The second kappa shape index (κ2) is 9.16. The third-order valence-corrected chi connectivity index (χ3v) is 3.06. The summed E-state index contributed by atoms with van der Waals surface area (Å²) < 4.78 is 0. The predicted octanol–water partition coefficient (Wildman–Crippen LogP) is 3.21. The Morgan fingerprint density at radius 1 is 1.18 bits per heavy atom. The van der Waals surface area contributed by atoms with Crippen molar-refractivity contribution in [1.82, 2.24) is 20.5 Å². The maximum absolute atomic E-state index is 4.23. The Hall–Kier alpha value is -0.900. The maximum atomic E-state index is 4.23. The molecule has 2 N–H and O–H groups in total. The van der Waals surface area contributed by atoms with Crippen molar-refractivity contribution >= 4 is 0 Å². The molecule has 0 aromatic carbocycles. The van der Waals surface area contributed by atoms with Crippen LogP contribution in [-0.2, 0) is 0 Å². The zero-order valence-corrected chi connectivity index (χ0v) is 11.2. The second-order valence-corrected chi connectivity index (χ2v) is 4.54. The summed E-state index contributed by atoms with van der Waals surface area (Å²) in [6.45, 7) is 5.36. The van der Waals surface area contributed by atoms with E-state index in [0.717, 1.165) is 18.8 Å². The zero-order valence-electron chi connectivity index (χ0n) is 11.2. The monoisotopic (exact) mass is 238 g/mol. The van der Waals surface area contributed by atoms with Crippen molar-refractivity contribution in [3.05, 3.63) is 12.2 Å². The quantitative estimate of drug-likeness (QED) is 0.615. The van der Waals surface area contributed by atoms with Gasteiger partial charge in [0.05, 0.1) is 6.04 Å². The van der Waals surface area contributed by atoms with Crippen molar-refractivity contribution < 1.29 is 0 Å². The lowest BCUT2D eigenvalue weighted by Gasteiger charge is -2.14. The fourth-order valence-corrected chi connectivity index (χ4v) is 2.09. The first kappa shape index (κ1) is 14.2. The van der Waals surface area contributed by atoms with E-state index in [1.54, 1.807) is 6.33 Å². The minimum absolute atomic E-state index is 0.341. The Morgan fingerprint density at radius 2 is 1.94 bits per heavy atom. The van der Waals surface area contributed by atoms with Crippen LogP contribution in [0.5, 0.6) is 0 Å². The second-order valence-electron chi connectivity index (χ2n) is 4.54. The average Bonchev–Trinajstić information content (AvgIpc) is 2.86. The summed E-state index contributed by atoms with van der Waals surface area (Å²) in [5.74, 6) is 0.973. The lowest BCUT2D eigenvalue weighted by molar-refractivity contribution is 0.460. The van der Waals surface area contributed by atoms with Crippen LogP contribution >= 0.6 is 0 Å². The van der Waals surface area contributed by atoms with E-state index in [1.807, 2.05) is 0 Å². The lowest BCUT2D eigenvalue weighted by Crippen LogP contribution is -2.22. The minimum atomic E-state index is 0.341. The van der Waals surface area contributed by atoms with E-state index in [9.17, 15) is 0 Å². The van der Waals surface area contributed by atoms with Gasteiger partial charge in [-0.25, -0.2) is 4.98 Å². The molecule has 4 heteroatoms. The maximum Gasteiger partial charge on any atom is 0.141 e. The molecule has 17 heavy (non-hydrogen) atoms. The summed E-state index contributed by atoms with van der Waals surface area (Å²) >= 11 is 0. The number of aromatic amines is 1. The van der Waals surface area contributed by atoms with Crippen LogP contribution in [0, 0.1) is 0 Å². The summed E-state index contributed by atoms with van der Waals surface area (Å²) in [5.41, 5.74) is 0. The van der Waals surface area contributed by atoms with Gasteiger partial charge in [-0.3, -0.25) is 5.10 Å². The molecule has 0 bridgehead atoms. The Balaban J connectivity index is 2.17. The van der Waals surface area contributed by atoms with E-state index in [4.69, 9.17) is 0 Å². The molecule has 0 aliphatic rings. The summed E-state index contributed by atoms with van der Waals surface area (Å²) in [6.07, 6.45) is 10.8. The lowest BCUT2D eigenvalue weighted by atomic mass is 10.1. The van der Waals surface area contributed by atoms with Crippen molar-refractivity contribution in [2.45, 2.75) is 64.8 Å². The molecule has 1 aromatic rings. The summed E-state index contributed by atoms with van der Waals surface area (Å²) in [5, 5.41) is 10.3. The predicted molar refractivity (Wildman–Crippen MR) is 70.8 cm³/mol. The van der Waals surface area contributed by atoms with Gasteiger partial charge >= 0.3 is 0 Å². The molecule has 0 saturated heterocycles. The van der Waals surface area contributed by atoms with Gasteiger partial charge in [-0.2, -0.15) is 5.10 Å². The fraction of sp³-hybridized carbons (Fsp3) is 0.846. The Bertz CT molecular complexity index is 258. The molecule has 1 aromatic heterocycles. The van der Waals surface area contributed by atoms with Crippen molar-refractivity contribution in [2.24, 2.45) is 0 Å². The van der Waals surface area contributed by atoms with Crippen LogP contribution in [-0.4, -0.2) is 21.7 Å². The Kier molecular flexibility index (Phi) is 7.63. The highest BCUT2D eigenvalue weighted by Crippen LogP contribution is 2.16. The van der Waals surface area contributed by atoms with Gasteiger partial charge < -0.3 is 5.32 Å². The molecule has 98 valence electrons. The first-order chi connectivity index (χ1) is 8.38. The first-order valence-corrected chi connectivity index (χ1v) is 6.97. The Morgan fingerprint density at radius 3 is 2.59 bits per heavy atom. The van der Waals surface area contributed by atoms with Gasteiger partial charge in [0.15, 0.2) is 0 Å². The van der Waals surface area contributed by atoms with Crippen molar-refractivity contribution in [3.8, 4) is 0 Å². The number of nitrogens with zero attached hydrogens (tertiary/aromatic N) is 2. The van der Waals surface area contributed by atoms with Crippen LogP contribution in [0.15, 0.2) is 6.33 Å². The van der Waals surface area contributed by atoms with Crippen molar-refractivity contribution in [3.63, 3.8) is 0 Å². The molecule has 1 atom stereocenters. The summed E-state index contributed by atoms with van der Waals surface area (Å²) in [4.78, 5) is 4.23. The third-order valence-electron chi connectivity index (χ3n) is 3.06. The molecule has 1 rings (SSSR count). The molecular formula is C13H26N4. The van der Waals surface area contributed by atoms with Crippen molar-refractivity contribution in [2.75, 3.05) is 6.54 Å². The first-order valence-electron chi connectivity index (χ1n) is 6.97. The Labute approximate surface area is 105 Å². The number of nitrogens with one attached hydrogen (secondary N) is 2. The number of hydrogen-bond acceptors (Lipinski definition) is 3. The molecule has 1 unspecified atom stereocenters.